The first-order valence-electron chi connectivity index (χ1n) is 7.74. The normalized spacial score (nSPS) is 15.0. The molecule has 1 aliphatic heterocycles. The van der Waals surface area contributed by atoms with Crippen LogP contribution in [-0.4, -0.2) is 84.9 Å². The van der Waals surface area contributed by atoms with E-state index in [2.05, 4.69) is 15.3 Å². The van der Waals surface area contributed by atoms with E-state index < -0.39 is 0 Å². The maximum Gasteiger partial charge on any atom is 0.270 e. The Morgan fingerprint density at radius 3 is 2.57 bits per heavy atom. The van der Waals surface area contributed by atoms with Crippen molar-refractivity contribution in [3.05, 3.63) is 18.0 Å². The molecule has 2 rings (SSSR count). The van der Waals surface area contributed by atoms with E-state index in [-0.39, 0.29) is 11.8 Å². The van der Waals surface area contributed by atoms with Crippen LogP contribution in [0.2, 0.25) is 0 Å². The van der Waals surface area contributed by atoms with Crippen molar-refractivity contribution in [2.24, 2.45) is 0 Å². The van der Waals surface area contributed by atoms with Gasteiger partial charge in [0.25, 0.3) is 5.91 Å². The molecular formula is C15H24N6O2. The summed E-state index contributed by atoms with van der Waals surface area (Å²) in [4.78, 5) is 37.9. The second-order valence-corrected chi connectivity index (χ2v) is 5.79. The summed E-state index contributed by atoms with van der Waals surface area (Å²) >= 11 is 0. The van der Waals surface area contributed by atoms with E-state index in [0.29, 0.717) is 44.4 Å². The van der Waals surface area contributed by atoms with Crippen LogP contribution in [0.5, 0.6) is 0 Å². The third-order valence-electron chi connectivity index (χ3n) is 3.73. The number of nitrogens with zero attached hydrogens (tertiary/aromatic N) is 5. The molecule has 8 nitrogen and oxygen atoms in total. The summed E-state index contributed by atoms with van der Waals surface area (Å²) in [6, 6.07) is 1.61. The first-order valence-corrected chi connectivity index (χ1v) is 7.74. The maximum absolute atomic E-state index is 12.1. The van der Waals surface area contributed by atoms with Crippen LogP contribution in [0.3, 0.4) is 0 Å². The fourth-order valence-corrected chi connectivity index (χ4v) is 2.33. The average Bonchev–Trinajstić information content (AvgIpc) is 2.54. The Bertz CT molecular complexity index is 555. The third kappa shape index (κ3) is 4.88. The standard InChI is InChI=1S/C15H24N6O2/c1-12(22)20-8-10-21(11-9-20)15-17-5-4-13(18-15)14(23)16-6-7-19(2)3/h4-5H,6-11H2,1-3H3,(H,16,23). The number of hydrogen-bond donors (Lipinski definition) is 1. The van der Waals surface area contributed by atoms with Gasteiger partial charge in [-0.25, -0.2) is 9.97 Å². The molecule has 1 aliphatic rings. The number of piperazine rings is 1. The zero-order chi connectivity index (χ0) is 16.8. The van der Waals surface area contributed by atoms with Gasteiger partial charge in [0.15, 0.2) is 0 Å². The number of likely N-dealkylation sites (N-methyl/N-ethyl adjacent to an activating group) is 1. The minimum absolute atomic E-state index is 0.0830. The first-order chi connectivity index (χ1) is 11.0. The van der Waals surface area contributed by atoms with Crippen LogP contribution in [0.15, 0.2) is 12.3 Å². The van der Waals surface area contributed by atoms with Gasteiger partial charge in [-0.1, -0.05) is 0 Å². The van der Waals surface area contributed by atoms with Gasteiger partial charge in [0, 0.05) is 52.4 Å². The highest BCUT2D eigenvalue weighted by atomic mass is 16.2. The molecule has 1 N–H and O–H groups in total. The monoisotopic (exact) mass is 320 g/mol. The van der Waals surface area contributed by atoms with Crippen molar-refractivity contribution >= 4 is 17.8 Å². The molecule has 2 heterocycles. The van der Waals surface area contributed by atoms with Gasteiger partial charge >= 0.3 is 0 Å². The molecule has 1 saturated heterocycles. The molecule has 0 saturated carbocycles. The molecule has 0 aliphatic carbocycles. The van der Waals surface area contributed by atoms with Crippen LogP contribution < -0.4 is 10.2 Å². The average molecular weight is 320 g/mol. The van der Waals surface area contributed by atoms with Gasteiger partial charge in [-0.15, -0.1) is 0 Å². The van der Waals surface area contributed by atoms with E-state index in [9.17, 15) is 9.59 Å². The van der Waals surface area contributed by atoms with Crippen molar-refractivity contribution < 1.29 is 9.59 Å². The Morgan fingerprint density at radius 1 is 1.26 bits per heavy atom. The quantitative estimate of drug-likeness (QED) is 0.783. The molecule has 0 bridgehead atoms. The molecule has 0 unspecified atom stereocenters. The summed E-state index contributed by atoms with van der Waals surface area (Å²) in [5, 5.41) is 2.84. The fourth-order valence-electron chi connectivity index (χ4n) is 2.33. The zero-order valence-electron chi connectivity index (χ0n) is 13.9. The predicted octanol–water partition coefficient (Wildman–Crippen LogP) is -0.563. The van der Waals surface area contributed by atoms with E-state index in [4.69, 9.17) is 0 Å². The number of carbonyl (C=O) groups excluding carboxylic acids is 2. The molecule has 126 valence electrons. The predicted molar refractivity (Wildman–Crippen MR) is 87.4 cm³/mol. The molecule has 8 heteroatoms. The van der Waals surface area contributed by atoms with E-state index in [1.807, 2.05) is 23.9 Å². The van der Waals surface area contributed by atoms with Crippen LogP contribution in [0, 0.1) is 0 Å². The number of amides is 2. The van der Waals surface area contributed by atoms with Gasteiger partial charge in [-0.05, 0) is 20.2 Å². The van der Waals surface area contributed by atoms with Crippen LogP contribution in [0.1, 0.15) is 17.4 Å². The molecule has 0 atom stereocenters. The lowest BCUT2D eigenvalue weighted by Crippen LogP contribution is -2.48. The Kier molecular flexibility index (Phi) is 5.86. The highest BCUT2D eigenvalue weighted by Gasteiger charge is 2.21. The van der Waals surface area contributed by atoms with Gasteiger partial charge in [0.05, 0.1) is 0 Å². The van der Waals surface area contributed by atoms with Crippen molar-refractivity contribution in [3.63, 3.8) is 0 Å². The van der Waals surface area contributed by atoms with Gasteiger partial charge in [0.1, 0.15) is 5.69 Å². The summed E-state index contributed by atoms with van der Waals surface area (Å²) in [5.41, 5.74) is 0.364. The molecule has 0 radical (unpaired) electrons. The van der Waals surface area contributed by atoms with Crippen molar-refractivity contribution in [3.8, 4) is 0 Å². The molecule has 0 aromatic carbocycles. The van der Waals surface area contributed by atoms with Crippen molar-refractivity contribution in [2.75, 3.05) is 58.3 Å². The zero-order valence-corrected chi connectivity index (χ0v) is 13.9. The highest BCUT2D eigenvalue weighted by molar-refractivity contribution is 5.92. The number of anilines is 1. The minimum Gasteiger partial charge on any atom is -0.349 e. The Balaban J connectivity index is 1.94. The van der Waals surface area contributed by atoms with Crippen molar-refractivity contribution in [1.29, 1.82) is 0 Å². The third-order valence-corrected chi connectivity index (χ3v) is 3.73. The number of nitrogens with one attached hydrogen (secondary N) is 1. The topological polar surface area (TPSA) is 81.7 Å². The first kappa shape index (κ1) is 17.1. The van der Waals surface area contributed by atoms with E-state index in [1.165, 1.54) is 0 Å². The molecule has 1 aromatic rings. The summed E-state index contributed by atoms with van der Waals surface area (Å²) < 4.78 is 0. The molecule has 0 spiro atoms. The van der Waals surface area contributed by atoms with Crippen molar-refractivity contribution in [2.45, 2.75) is 6.92 Å². The van der Waals surface area contributed by atoms with Crippen LogP contribution >= 0.6 is 0 Å². The second kappa shape index (κ2) is 7.87. The molecule has 1 fully saturated rings. The molecular weight excluding hydrogens is 296 g/mol. The van der Waals surface area contributed by atoms with E-state index in [1.54, 1.807) is 24.1 Å². The van der Waals surface area contributed by atoms with E-state index >= 15 is 0 Å². The molecule has 1 aromatic heterocycles. The smallest absolute Gasteiger partial charge is 0.270 e. The van der Waals surface area contributed by atoms with Crippen LogP contribution in [0.4, 0.5) is 5.95 Å². The second-order valence-electron chi connectivity index (χ2n) is 5.79. The molecule has 2 amide bonds. The maximum atomic E-state index is 12.1. The Labute approximate surface area is 136 Å². The van der Waals surface area contributed by atoms with Gasteiger partial charge in [-0.3, -0.25) is 9.59 Å². The highest BCUT2D eigenvalue weighted by Crippen LogP contribution is 2.11. The molecule has 23 heavy (non-hydrogen) atoms. The van der Waals surface area contributed by atoms with E-state index in [0.717, 1.165) is 6.54 Å². The summed E-state index contributed by atoms with van der Waals surface area (Å²) in [6.07, 6.45) is 1.60. The van der Waals surface area contributed by atoms with Crippen molar-refractivity contribution in [1.82, 2.24) is 25.1 Å². The number of rotatable bonds is 5. The van der Waals surface area contributed by atoms with Crippen LogP contribution in [0.25, 0.3) is 0 Å². The Morgan fingerprint density at radius 2 is 1.96 bits per heavy atom. The fraction of sp³-hybridized carbons (Fsp3) is 0.600. The van der Waals surface area contributed by atoms with Gasteiger partial charge in [-0.2, -0.15) is 0 Å². The number of aromatic nitrogens is 2. The SMILES string of the molecule is CC(=O)N1CCN(c2nccc(C(=O)NCCN(C)C)n2)CC1. The number of hydrogen-bond acceptors (Lipinski definition) is 6. The number of carbonyl (C=O) groups is 2. The lowest BCUT2D eigenvalue weighted by molar-refractivity contribution is -0.129. The van der Waals surface area contributed by atoms with Gasteiger partial charge in [0.2, 0.25) is 11.9 Å². The van der Waals surface area contributed by atoms with Crippen LogP contribution in [-0.2, 0) is 4.79 Å². The lowest BCUT2D eigenvalue weighted by Gasteiger charge is -2.34. The summed E-state index contributed by atoms with van der Waals surface area (Å²) in [7, 11) is 3.91. The van der Waals surface area contributed by atoms with Gasteiger partial charge < -0.3 is 20.0 Å². The lowest BCUT2D eigenvalue weighted by atomic mass is 10.3. The Hall–Kier alpha value is -2.22. The summed E-state index contributed by atoms with van der Waals surface area (Å²) in [6.45, 7) is 5.57. The minimum atomic E-state index is -0.196. The summed E-state index contributed by atoms with van der Waals surface area (Å²) in [5.74, 6) is 0.422. The largest absolute Gasteiger partial charge is 0.349 e.